The molecule has 0 N–H and O–H groups in total. The van der Waals surface area contributed by atoms with Crippen molar-refractivity contribution in [3.63, 3.8) is 0 Å². The highest BCUT2D eigenvalue weighted by molar-refractivity contribution is 5.77. The van der Waals surface area contributed by atoms with Crippen molar-refractivity contribution in [3.8, 4) is 17.1 Å². The molecule has 4 rings (SSSR count). The smallest absolute Gasteiger partial charge is 0.160 e. The van der Waals surface area contributed by atoms with Crippen molar-refractivity contribution in [2.75, 3.05) is 20.3 Å². The molecule has 1 fully saturated rings. The van der Waals surface area contributed by atoms with Crippen molar-refractivity contribution in [1.82, 2.24) is 14.5 Å². The molecule has 1 unspecified atom stereocenters. The highest BCUT2D eigenvalue weighted by Gasteiger charge is 2.21. The van der Waals surface area contributed by atoms with Gasteiger partial charge in [0.1, 0.15) is 17.1 Å². The number of imidazole rings is 1. The molecule has 3 aromatic rings. The van der Waals surface area contributed by atoms with Crippen LogP contribution in [-0.2, 0) is 11.3 Å². The summed E-state index contributed by atoms with van der Waals surface area (Å²) in [7, 11) is 1.68. The van der Waals surface area contributed by atoms with Crippen LogP contribution in [0, 0.1) is 5.92 Å². The van der Waals surface area contributed by atoms with Crippen molar-refractivity contribution in [2.45, 2.75) is 13.0 Å². The summed E-state index contributed by atoms with van der Waals surface area (Å²) >= 11 is 0. The topological polar surface area (TPSA) is 49.2 Å². The fourth-order valence-corrected chi connectivity index (χ4v) is 3.10. The van der Waals surface area contributed by atoms with E-state index in [9.17, 15) is 0 Å². The van der Waals surface area contributed by atoms with E-state index in [1.165, 1.54) is 0 Å². The van der Waals surface area contributed by atoms with Gasteiger partial charge in [0.2, 0.25) is 0 Å². The summed E-state index contributed by atoms with van der Waals surface area (Å²) in [5.74, 6) is 2.28. The Balaban J connectivity index is 1.83. The first-order valence-corrected chi connectivity index (χ1v) is 7.88. The number of hydrogen-bond donors (Lipinski definition) is 0. The molecule has 118 valence electrons. The van der Waals surface area contributed by atoms with E-state index in [4.69, 9.17) is 14.5 Å². The minimum absolute atomic E-state index is 0.513. The lowest BCUT2D eigenvalue weighted by Crippen LogP contribution is -2.12. The van der Waals surface area contributed by atoms with Gasteiger partial charge in [-0.25, -0.2) is 9.97 Å². The van der Waals surface area contributed by atoms with E-state index in [0.717, 1.165) is 54.5 Å². The quantitative estimate of drug-likeness (QED) is 0.743. The van der Waals surface area contributed by atoms with Crippen LogP contribution in [0.1, 0.15) is 6.42 Å². The third-order valence-electron chi connectivity index (χ3n) is 4.30. The van der Waals surface area contributed by atoms with Crippen LogP contribution in [0.3, 0.4) is 0 Å². The van der Waals surface area contributed by atoms with Crippen LogP contribution in [-0.4, -0.2) is 34.9 Å². The summed E-state index contributed by atoms with van der Waals surface area (Å²) in [4.78, 5) is 9.34. The molecule has 0 radical (unpaired) electrons. The summed E-state index contributed by atoms with van der Waals surface area (Å²) in [5.41, 5.74) is 2.89. The average molecular weight is 309 g/mol. The highest BCUT2D eigenvalue weighted by atomic mass is 16.5. The molecule has 1 aliphatic rings. The average Bonchev–Trinajstić information content (AvgIpc) is 3.24. The van der Waals surface area contributed by atoms with Crippen LogP contribution in [0.15, 0.2) is 42.6 Å². The first kappa shape index (κ1) is 14.2. The molecule has 1 atom stereocenters. The number of aromatic nitrogens is 3. The Morgan fingerprint density at radius 3 is 3.09 bits per heavy atom. The molecular formula is C18H19N3O2. The van der Waals surface area contributed by atoms with Gasteiger partial charge in [0.15, 0.2) is 5.65 Å². The Morgan fingerprint density at radius 2 is 2.26 bits per heavy atom. The summed E-state index contributed by atoms with van der Waals surface area (Å²) in [6.07, 6.45) is 2.91. The van der Waals surface area contributed by atoms with E-state index in [2.05, 4.69) is 15.6 Å². The normalized spacial score (nSPS) is 17.7. The molecule has 2 aromatic heterocycles. The Kier molecular flexibility index (Phi) is 3.71. The first-order valence-electron chi connectivity index (χ1n) is 7.88. The molecule has 0 aliphatic carbocycles. The monoisotopic (exact) mass is 309 g/mol. The summed E-state index contributed by atoms with van der Waals surface area (Å²) < 4.78 is 13.1. The number of hydrogen-bond acceptors (Lipinski definition) is 4. The van der Waals surface area contributed by atoms with E-state index < -0.39 is 0 Å². The van der Waals surface area contributed by atoms with Crippen LogP contribution >= 0.6 is 0 Å². The molecule has 5 heteroatoms. The molecule has 0 saturated carbocycles. The Bertz CT molecular complexity index is 822. The lowest BCUT2D eigenvalue weighted by atomic mass is 10.1. The number of methoxy groups -OCH3 is 1. The summed E-state index contributed by atoms with van der Waals surface area (Å²) in [6, 6.07) is 11.9. The maximum absolute atomic E-state index is 5.53. The molecule has 5 nitrogen and oxygen atoms in total. The molecule has 3 heterocycles. The zero-order valence-electron chi connectivity index (χ0n) is 13.1. The Morgan fingerprint density at radius 1 is 1.30 bits per heavy atom. The predicted molar refractivity (Wildman–Crippen MR) is 88.4 cm³/mol. The van der Waals surface area contributed by atoms with Gasteiger partial charge in [0.05, 0.1) is 13.7 Å². The van der Waals surface area contributed by atoms with Crippen molar-refractivity contribution in [2.24, 2.45) is 5.92 Å². The molecule has 1 aliphatic heterocycles. The van der Waals surface area contributed by atoms with Crippen LogP contribution in [0.2, 0.25) is 0 Å². The zero-order valence-corrected chi connectivity index (χ0v) is 13.1. The molecular weight excluding hydrogens is 290 g/mol. The van der Waals surface area contributed by atoms with Gasteiger partial charge in [-0.15, -0.1) is 0 Å². The minimum Gasteiger partial charge on any atom is -0.497 e. The van der Waals surface area contributed by atoms with Crippen molar-refractivity contribution >= 4 is 11.2 Å². The number of nitrogens with zero attached hydrogens (tertiary/aromatic N) is 3. The number of ether oxygens (including phenoxy) is 2. The van der Waals surface area contributed by atoms with Gasteiger partial charge in [-0.2, -0.15) is 0 Å². The van der Waals surface area contributed by atoms with E-state index in [1.807, 2.05) is 36.5 Å². The largest absolute Gasteiger partial charge is 0.497 e. The van der Waals surface area contributed by atoms with Crippen molar-refractivity contribution in [1.29, 1.82) is 0 Å². The number of pyridine rings is 1. The summed E-state index contributed by atoms with van der Waals surface area (Å²) in [5, 5.41) is 0. The molecule has 0 amide bonds. The van der Waals surface area contributed by atoms with Gasteiger partial charge in [-0.3, -0.25) is 0 Å². The van der Waals surface area contributed by atoms with Crippen LogP contribution < -0.4 is 4.74 Å². The van der Waals surface area contributed by atoms with Gasteiger partial charge in [0, 0.05) is 30.8 Å². The van der Waals surface area contributed by atoms with Crippen molar-refractivity contribution < 1.29 is 9.47 Å². The van der Waals surface area contributed by atoms with Crippen LogP contribution in [0.4, 0.5) is 0 Å². The van der Waals surface area contributed by atoms with E-state index in [-0.39, 0.29) is 0 Å². The fourth-order valence-electron chi connectivity index (χ4n) is 3.10. The SMILES string of the molecule is COc1cccc(-c2nc3cccnc3n2CC2CCOC2)c1. The van der Waals surface area contributed by atoms with E-state index >= 15 is 0 Å². The lowest BCUT2D eigenvalue weighted by Gasteiger charge is -2.13. The van der Waals surface area contributed by atoms with Gasteiger partial charge in [0.25, 0.3) is 0 Å². The second-order valence-electron chi connectivity index (χ2n) is 5.85. The highest BCUT2D eigenvalue weighted by Crippen LogP contribution is 2.28. The first-order chi connectivity index (χ1) is 11.3. The maximum atomic E-state index is 5.53. The Hall–Kier alpha value is -2.40. The van der Waals surface area contributed by atoms with Gasteiger partial charge in [-0.05, 0) is 30.7 Å². The third kappa shape index (κ3) is 2.68. The standard InChI is InChI=1S/C18H19N3O2/c1-22-15-5-2-4-14(10-15)17-20-16-6-3-8-19-18(16)21(17)11-13-7-9-23-12-13/h2-6,8,10,13H,7,9,11-12H2,1H3. The van der Waals surface area contributed by atoms with Crippen molar-refractivity contribution in [3.05, 3.63) is 42.6 Å². The van der Waals surface area contributed by atoms with E-state index in [0.29, 0.717) is 5.92 Å². The second-order valence-corrected chi connectivity index (χ2v) is 5.85. The second kappa shape index (κ2) is 6.01. The molecule has 1 saturated heterocycles. The fraction of sp³-hybridized carbons (Fsp3) is 0.333. The predicted octanol–water partition coefficient (Wildman–Crippen LogP) is 3.14. The minimum atomic E-state index is 0.513. The maximum Gasteiger partial charge on any atom is 0.160 e. The number of fused-ring (bicyclic) bond motifs is 1. The van der Waals surface area contributed by atoms with Gasteiger partial charge < -0.3 is 14.0 Å². The van der Waals surface area contributed by atoms with Crippen LogP contribution in [0.25, 0.3) is 22.6 Å². The van der Waals surface area contributed by atoms with Crippen LogP contribution in [0.5, 0.6) is 5.75 Å². The lowest BCUT2D eigenvalue weighted by molar-refractivity contribution is 0.183. The molecule has 23 heavy (non-hydrogen) atoms. The van der Waals surface area contributed by atoms with Gasteiger partial charge >= 0.3 is 0 Å². The molecule has 1 aromatic carbocycles. The molecule has 0 spiro atoms. The van der Waals surface area contributed by atoms with Gasteiger partial charge in [-0.1, -0.05) is 12.1 Å². The number of rotatable bonds is 4. The third-order valence-corrected chi connectivity index (χ3v) is 4.30. The summed E-state index contributed by atoms with van der Waals surface area (Å²) in [6.45, 7) is 2.53. The molecule has 0 bridgehead atoms. The Labute approximate surface area is 134 Å². The van der Waals surface area contributed by atoms with E-state index in [1.54, 1.807) is 7.11 Å². The zero-order chi connectivity index (χ0) is 15.6. The number of benzene rings is 1.